The van der Waals surface area contributed by atoms with Gasteiger partial charge in [0.05, 0.1) is 10.9 Å². The number of carbonyl (C=O) groups excluding carboxylic acids is 1. The maximum Gasteiger partial charge on any atom is 0.137 e. The van der Waals surface area contributed by atoms with Crippen molar-refractivity contribution >= 4 is 18.0 Å². The Morgan fingerprint density at radius 3 is 2.29 bits per heavy atom. The summed E-state index contributed by atoms with van der Waals surface area (Å²) in [6.45, 7) is 13.7. The van der Waals surface area contributed by atoms with Crippen molar-refractivity contribution < 1.29 is 4.79 Å². The highest BCUT2D eigenvalue weighted by Crippen LogP contribution is 2.56. The SMILES string of the molecule is CCCC(C)(C)C1(C(C)(C)C)NC(C=O)CS1. The predicted octanol–water partition coefficient (Wildman–Crippen LogP) is 3.46. The molecule has 0 bridgehead atoms. The highest BCUT2D eigenvalue weighted by molar-refractivity contribution is 8.01. The van der Waals surface area contributed by atoms with Gasteiger partial charge in [0.1, 0.15) is 6.29 Å². The van der Waals surface area contributed by atoms with Crippen molar-refractivity contribution in [1.29, 1.82) is 0 Å². The normalized spacial score (nSPS) is 30.6. The minimum Gasteiger partial charge on any atom is -0.302 e. The fourth-order valence-electron chi connectivity index (χ4n) is 3.27. The van der Waals surface area contributed by atoms with E-state index in [-0.39, 0.29) is 21.7 Å². The molecule has 2 atom stereocenters. The first-order chi connectivity index (χ1) is 7.70. The van der Waals surface area contributed by atoms with Crippen molar-refractivity contribution in [1.82, 2.24) is 5.32 Å². The molecule has 0 saturated carbocycles. The summed E-state index contributed by atoms with van der Waals surface area (Å²) < 4.78 is 0. The van der Waals surface area contributed by atoms with Gasteiger partial charge in [0.15, 0.2) is 0 Å². The lowest BCUT2D eigenvalue weighted by Gasteiger charge is -2.52. The van der Waals surface area contributed by atoms with Crippen LogP contribution in [0.25, 0.3) is 0 Å². The molecule has 1 rings (SSSR count). The molecule has 100 valence electrons. The van der Waals surface area contributed by atoms with E-state index in [4.69, 9.17) is 0 Å². The van der Waals surface area contributed by atoms with E-state index in [0.29, 0.717) is 0 Å². The van der Waals surface area contributed by atoms with Crippen LogP contribution in [0, 0.1) is 10.8 Å². The van der Waals surface area contributed by atoms with Crippen molar-refractivity contribution in [2.45, 2.75) is 65.3 Å². The molecule has 1 N–H and O–H groups in total. The monoisotopic (exact) mass is 257 g/mol. The number of carbonyl (C=O) groups is 1. The lowest BCUT2D eigenvalue weighted by molar-refractivity contribution is -0.109. The van der Waals surface area contributed by atoms with Crippen LogP contribution in [0.4, 0.5) is 0 Å². The summed E-state index contributed by atoms with van der Waals surface area (Å²) >= 11 is 1.93. The van der Waals surface area contributed by atoms with Crippen molar-refractivity contribution in [2.75, 3.05) is 5.75 Å². The molecule has 0 aromatic heterocycles. The Bertz CT molecular complexity index is 282. The summed E-state index contributed by atoms with van der Waals surface area (Å²) in [6.07, 6.45) is 3.41. The van der Waals surface area contributed by atoms with Crippen LogP contribution in [0.1, 0.15) is 54.4 Å². The van der Waals surface area contributed by atoms with Gasteiger partial charge in [-0.1, -0.05) is 48.0 Å². The summed E-state index contributed by atoms with van der Waals surface area (Å²) in [5.74, 6) is 0.897. The van der Waals surface area contributed by atoms with Gasteiger partial charge in [-0.05, 0) is 17.3 Å². The molecule has 0 aliphatic carbocycles. The van der Waals surface area contributed by atoms with Gasteiger partial charge in [0.2, 0.25) is 0 Å². The topological polar surface area (TPSA) is 29.1 Å². The highest BCUT2D eigenvalue weighted by Gasteiger charge is 2.56. The van der Waals surface area contributed by atoms with E-state index < -0.39 is 0 Å². The van der Waals surface area contributed by atoms with Crippen LogP contribution in [0.3, 0.4) is 0 Å². The Hall–Kier alpha value is -0.0200. The average Bonchev–Trinajstić information content (AvgIpc) is 2.61. The molecule has 0 radical (unpaired) electrons. The first-order valence-corrected chi connectivity index (χ1v) is 7.56. The third-order valence-electron chi connectivity index (χ3n) is 3.92. The number of rotatable bonds is 4. The summed E-state index contributed by atoms with van der Waals surface area (Å²) in [6, 6.07) is 0.00959. The number of nitrogens with one attached hydrogen (secondary N) is 1. The molecule has 2 unspecified atom stereocenters. The van der Waals surface area contributed by atoms with Crippen LogP contribution in [0.15, 0.2) is 0 Å². The lowest BCUT2D eigenvalue weighted by atomic mass is 9.68. The van der Waals surface area contributed by atoms with Crippen LogP contribution in [-0.4, -0.2) is 23.0 Å². The van der Waals surface area contributed by atoms with Crippen LogP contribution in [0.2, 0.25) is 0 Å². The molecular formula is C14H27NOS. The minimum atomic E-state index is -0.0123. The molecular weight excluding hydrogens is 230 g/mol. The zero-order chi connectivity index (χ0) is 13.3. The van der Waals surface area contributed by atoms with Crippen LogP contribution in [-0.2, 0) is 4.79 Å². The van der Waals surface area contributed by atoms with Gasteiger partial charge in [-0.15, -0.1) is 11.8 Å². The molecule has 1 saturated heterocycles. The molecule has 0 aromatic rings. The molecule has 1 fully saturated rings. The smallest absolute Gasteiger partial charge is 0.137 e. The Kier molecular flexibility index (Phi) is 4.36. The zero-order valence-electron chi connectivity index (χ0n) is 12.1. The second kappa shape index (κ2) is 4.93. The van der Waals surface area contributed by atoms with Gasteiger partial charge in [0.25, 0.3) is 0 Å². The Morgan fingerprint density at radius 1 is 1.35 bits per heavy atom. The highest BCUT2D eigenvalue weighted by atomic mass is 32.2. The molecule has 17 heavy (non-hydrogen) atoms. The fourth-order valence-corrected chi connectivity index (χ4v) is 5.02. The molecule has 1 aliphatic heterocycles. The number of thioether (sulfide) groups is 1. The summed E-state index contributed by atoms with van der Waals surface area (Å²) in [5, 5.41) is 3.61. The quantitative estimate of drug-likeness (QED) is 0.782. The standard InChI is InChI=1S/C14H27NOS/c1-7-8-13(5,6)14(12(2,3)4)15-11(9-16)10-17-14/h9,11,15H,7-8,10H2,1-6H3. The summed E-state index contributed by atoms with van der Waals surface area (Å²) in [7, 11) is 0. The summed E-state index contributed by atoms with van der Waals surface area (Å²) in [4.78, 5) is 11.0. The first-order valence-electron chi connectivity index (χ1n) is 6.57. The van der Waals surface area contributed by atoms with E-state index in [1.54, 1.807) is 0 Å². The molecule has 1 aliphatic rings. The van der Waals surface area contributed by atoms with Crippen molar-refractivity contribution in [3.8, 4) is 0 Å². The van der Waals surface area contributed by atoms with E-state index in [0.717, 1.165) is 12.0 Å². The molecule has 3 heteroatoms. The van der Waals surface area contributed by atoms with E-state index in [2.05, 4.69) is 46.9 Å². The Balaban J connectivity index is 3.09. The van der Waals surface area contributed by atoms with Gasteiger partial charge in [-0.3, -0.25) is 5.32 Å². The largest absolute Gasteiger partial charge is 0.302 e. The second-order valence-electron chi connectivity index (χ2n) is 6.76. The Morgan fingerprint density at radius 2 is 1.94 bits per heavy atom. The third kappa shape index (κ3) is 2.55. The van der Waals surface area contributed by atoms with E-state index in [9.17, 15) is 4.79 Å². The number of aldehydes is 1. The van der Waals surface area contributed by atoms with Crippen LogP contribution >= 0.6 is 11.8 Å². The Labute approximate surface area is 110 Å². The number of hydrogen-bond donors (Lipinski definition) is 1. The van der Waals surface area contributed by atoms with Gasteiger partial charge >= 0.3 is 0 Å². The second-order valence-corrected chi connectivity index (χ2v) is 8.00. The average molecular weight is 257 g/mol. The van der Waals surface area contributed by atoms with Crippen molar-refractivity contribution in [2.24, 2.45) is 10.8 Å². The maximum absolute atomic E-state index is 11.0. The van der Waals surface area contributed by atoms with Gasteiger partial charge in [-0.2, -0.15) is 0 Å². The summed E-state index contributed by atoms with van der Waals surface area (Å²) in [5.41, 5.74) is 0.316. The van der Waals surface area contributed by atoms with Crippen LogP contribution < -0.4 is 5.32 Å². The van der Waals surface area contributed by atoms with E-state index in [1.807, 2.05) is 11.8 Å². The molecule has 0 spiro atoms. The lowest BCUT2D eigenvalue weighted by Crippen LogP contribution is -2.60. The zero-order valence-corrected chi connectivity index (χ0v) is 12.9. The third-order valence-corrected chi connectivity index (χ3v) is 6.16. The molecule has 1 heterocycles. The predicted molar refractivity (Wildman–Crippen MR) is 76.3 cm³/mol. The maximum atomic E-state index is 11.0. The fraction of sp³-hybridized carbons (Fsp3) is 0.929. The molecule has 0 amide bonds. The van der Waals surface area contributed by atoms with Crippen LogP contribution in [0.5, 0.6) is 0 Å². The van der Waals surface area contributed by atoms with E-state index in [1.165, 1.54) is 12.8 Å². The van der Waals surface area contributed by atoms with Gasteiger partial charge in [-0.25, -0.2) is 0 Å². The number of hydrogen-bond acceptors (Lipinski definition) is 3. The minimum absolute atomic E-state index is 0.00959. The van der Waals surface area contributed by atoms with Crippen molar-refractivity contribution in [3.63, 3.8) is 0 Å². The van der Waals surface area contributed by atoms with Gasteiger partial charge < -0.3 is 4.79 Å². The van der Waals surface area contributed by atoms with Gasteiger partial charge in [0, 0.05) is 5.75 Å². The van der Waals surface area contributed by atoms with E-state index >= 15 is 0 Å². The van der Waals surface area contributed by atoms with Crippen molar-refractivity contribution in [3.05, 3.63) is 0 Å². The molecule has 2 nitrogen and oxygen atoms in total. The first kappa shape index (κ1) is 15.0. The molecule has 0 aromatic carbocycles.